The molecule has 1 aromatic heterocycles. The molecule has 6 aromatic rings. The number of aromatic nitrogens is 1. The summed E-state index contributed by atoms with van der Waals surface area (Å²) >= 11 is 0. The van der Waals surface area contributed by atoms with Crippen LogP contribution in [0.4, 0.5) is 5.69 Å². The lowest BCUT2D eigenvalue weighted by Gasteiger charge is -2.18. The predicted molar refractivity (Wildman–Crippen MR) is 178 cm³/mol. The van der Waals surface area contributed by atoms with Crippen LogP contribution in [0, 0.1) is 0 Å². The quantitative estimate of drug-likeness (QED) is 0.0891. The second-order valence-corrected chi connectivity index (χ2v) is 10.8. The number of para-hydroxylation sites is 3. The zero-order chi connectivity index (χ0) is 31.7. The zero-order valence-corrected chi connectivity index (χ0v) is 25.1. The summed E-state index contributed by atoms with van der Waals surface area (Å²) in [6.45, 7) is 1.54. The molecule has 0 radical (unpaired) electrons. The molecule has 0 spiro atoms. The van der Waals surface area contributed by atoms with Gasteiger partial charge in [-0.3, -0.25) is 4.79 Å². The van der Waals surface area contributed by atoms with E-state index < -0.39 is 12.0 Å². The molecule has 0 saturated heterocycles. The van der Waals surface area contributed by atoms with E-state index in [2.05, 4.69) is 15.6 Å². The van der Waals surface area contributed by atoms with Crippen molar-refractivity contribution in [3.05, 3.63) is 150 Å². The summed E-state index contributed by atoms with van der Waals surface area (Å²) in [4.78, 5) is 30.2. The highest BCUT2D eigenvalue weighted by atomic mass is 16.5. The third-order valence-corrected chi connectivity index (χ3v) is 7.58. The second kappa shape index (κ2) is 14.4. The maximum absolute atomic E-state index is 13.5. The highest BCUT2D eigenvalue weighted by Crippen LogP contribution is 2.24. The van der Waals surface area contributed by atoms with Gasteiger partial charge in [0, 0.05) is 29.8 Å². The number of aliphatic carboxylic acids is 1. The Kier molecular flexibility index (Phi) is 9.46. The molecule has 0 aliphatic rings. The van der Waals surface area contributed by atoms with E-state index in [0.717, 1.165) is 27.8 Å². The largest absolute Gasteiger partial charge is 0.492 e. The van der Waals surface area contributed by atoms with E-state index in [0.29, 0.717) is 48.2 Å². The standard InChI is InChI=1S/C38H33N3O5/c42-37(29-18-16-28(17-19-29)27-8-2-1-3-9-27)31-10-4-5-11-32(31)40-34(38(43)44)24-26-14-20-30(21-15-26)45-23-22-39-25-36-41-33-12-6-7-13-35(33)46-36/h1-21,34,39-40H,22-25H2,(H,43,44). The molecule has 46 heavy (non-hydrogen) atoms. The highest BCUT2D eigenvalue weighted by molar-refractivity contribution is 6.12. The van der Waals surface area contributed by atoms with Gasteiger partial charge < -0.3 is 24.9 Å². The first-order valence-electron chi connectivity index (χ1n) is 15.1. The lowest BCUT2D eigenvalue weighted by molar-refractivity contribution is -0.137. The Labute approximate surface area is 266 Å². The van der Waals surface area contributed by atoms with Crippen molar-refractivity contribution in [3.8, 4) is 16.9 Å². The minimum Gasteiger partial charge on any atom is -0.492 e. The maximum Gasteiger partial charge on any atom is 0.326 e. The van der Waals surface area contributed by atoms with Crippen LogP contribution in [-0.2, 0) is 17.8 Å². The van der Waals surface area contributed by atoms with Crippen LogP contribution in [0.3, 0.4) is 0 Å². The lowest BCUT2D eigenvalue weighted by atomic mass is 9.98. The van der Waals surface area contributed by atoms with Gasteiger partial charge in [0.15, 0.2) is 11.4 Å². The number of benzene rings is 5. The number of nitrogens with one attached hydrogen (secondary N) is 2. The van der Waals surface area contributed by atoms with Gasteiger partial charge in [-0.05, 0) is 53.1 Å². The fraction of sp³-hybridized carbons (Fsp3) is 0.132. The van der Waals surface area contributed by atoms with Crippen molar-refractivity contribution in [2.45, 2.75) is 19.0 Å². The first-order valence-corrected chi connectivity index (χ1v) is 15.1. The number of nitrogens with zero attached hydrogens (tertiary/aromatic N) is 1. The number of ketones is 1. The molecule has 0 aliphatic carbocycles. The van der Waals surface area contributed by atoms with Crippen molar-refractivity contribution in [1.29, 1.82) is 0 Å². The van der Waals surface area contributed by atoms with Gasteiger partial charge in [-0.25, -0.2) is 9.78 Å². The van der Waals surface area contributed by atoms with Crippen LogP contribution in [0.2, 0.25) is 0 Å². The summed E-state index contributed by atoms with van der Waals surface area (Å²) in [5.41, 5.74) is 5.90. The molecule has 230 valence electrons. The Bertz CT molecular complexity index is 1890. The van der Waals surface area contributed by atoms with Gasteiger partial charge in [0.1, 0.15) is 23.9 Å². The van der Waals surface area contributed by atoms with Crippen LogP contribution in [0.15, 0.2) is 132 Å². The molecular formula is C38H33N3O5. The number of hydrogen-bond acceptors (Lipinski definition) is 7. The molecule has 5 aromatic carbocycles. The number of carbonyl (C=O) groups excluding carboxylic acids is 1. The topological polar surface area (TPSA) is 114 Å². The van der Waals surface area contributed by atoms with Crippen LogP contribution in [0.1, 0.15) is 27.4 Å². The molecule has 0 fully saturated rings. The molecule has 8 nitrogen and oxygen atoms in total. The Balaban J connectivity index is 1.03. The summed E-state index contributed by atoms with van der Waals surface area (Å²) in [5, 5.41) is 16.4. The molecular weight excluding hydrogens is 578 g/mol. The second-order valence-electron chi connectivity index (χ2n) is 10.8. The monoisotopic (exact) mass is 611 g/mol. The van der Waals surface area contributed by atoms with Crippen molar-refractivity contribution in [1.82, 2.24) is 10.3 Å². The summed E-state index contributed by atoms with van der Waals surface area (Å²) in [6.07, 6.45) is 0.218. The Morgan fingerprint density at radius 2 is 1.48 bits per heavy atom. The van der Waals surface area contributed by atoms with Crippen molar-refractivity contribution in [2.75, 3.05) is 18.5 Å². The molecule has 0 saturated carbocycles. The Hall–Kier alpha value is -5.73. The van der Waals surface area contributed by atoms with Crippen LogP contribution in [-0.4, -0.2) is 41.0 Å². The molecule has 0 bridgehead atoms. The molecule has 1 unspecified atom stereocenters. The molecule has 1 atom stereocenters. The van der Waals surface area contributed by atoms with Crippen molar-refractivity contribution < 1.29 is 23.8 Å². The number of ether oxygens (including phenoxy) is 1. The number of anilines is 1. The van der Waals surface area contributed by atoms with Gasteiger partial charge in [0.2, 0.25) is 5.89 Å². The number of carboxylic acid groups (broad SMARTS) is 1. The van der Waals surface area contributed by atoms with Crippen molar-refractivity contribution >= 4 is 28.5 Å². The Morgan fingerprint density at radius 3 is 2.24 bits per heavy atom. The molecule has 1 heterocycles. The average Bonchev–Trinajstić information content (AvgIpc) is 3.52. The van der Waals surface area contributed by atoms with Crippen LogP contribution < -0.4 is 15.4 Å². The van der Waals surface area contributed by atoms with Crippen molar-refractivity contribution in [3.63, 3.8) is 0 Å². The first-order chi connectivity index (χ1) is 22.5. The van der Waals surface area contributed by atoms with E-state index in [4.69, 9.17) is 9.15 Å². The van der Waals surface area contributed by atoms with E-state index >= 15 is 0 Å². The van der Waals surface area contributed by atoms with Crippen molar-refractivity contribution in [2.24, 2.45) is 0 Å². The fourth-order valence-electron chi connectivity index (χ4n) is 5.18. The van der Waals surface area contributed by atoms with Gasteiger partial charge in [-0.2, -0.15) is 0 Å². The maximum atomic E-state index is 13.5. The number of carboxylic acids is 1. The average molecular weight is 612 g/mol. The minimum atomic E-state index is -1.01. The smallest absolute Gasteiger partial charge is 0.326 e. The third kappa shape index (κ3) is 7.49. The number of rotatable bonds is 14. The van der Waals surface area contributed by atoms with Crippen LogP contribution >= 0.6 is 0 Å². The highest BCUT2D eigenvalue weighted by Gasteiger charge is 2.21. The lowest BCUT2D eigenvalue weighted by Crippen LogP contribution is -2.32. The van der Waals surface area contributed by atoms with E-state index in [1.165, 1.54) is 0 Å². The van der Waals surface area contributed by atoms with Gasteiger partial charge >= 0.3 is 5.97 Å². The van der Waals surface area contributed by atoms with E-state index in [1.807, 2.05) is 91.0 Å². The molecule has 0 aliphatic heterocycles. The van der Waals surface area contributed by atoms with Crippen LogP contribution in [0.25, 0.3) is 22.2 Å². The summed E-state index contributed by atoms with van der Waals surface area (Å²) < 4.78 is 11.5. The van der Waals surface area contributed by atoms with E-state index in [1.54, 1.807) is 36.4 Å². The number of carbonyl (C=O) groups is 2. The number of oxazole rings is 1. The zero-order valence-electron chi connectivity index (χ0n) is 25.1. The predicted octanol–water partition coefficient (Wildman–Crippen LogP) is 7.00. The third-order valence-electron chi connectivity index (χ3n) is 7.58. The fourth-order valence-corrected chi connectivity index (χ4v) is 5.18. The normalized spacial score (nSPS) is 11.7. The van der Waals surface area contributed by atoms with Gasteiger partial charge in [0.05, 0.1) is 6.54 Å². The summed E-state index contributed by atoms with van der Waals surface area (Å²) in [6, 6.07) is 38.4. The van der Waals surface area contributed by atoms with Gasteiger partial charge in [-0.15, -0.1) is 0 Å². The van der Waals surface area contributed by atoms with E-state index in [-0.39, 0.29) is 12.2 Å². The molecule has 6 rings (SSSR count). The van der Waals surface area contributed by atoms with Gasteiger partial charge in [-0.1, -0.05) is 91.0 Å². The molecule has 8 heteroatoms. The first kappa shape index (κ1) is 30.3. The molecule has 3 N–H and O–H groups in total. The molecule has 0 amide bonds. The Morgan fingerprint density at radius 1 is 0.783 bits per heavy atom. The summed E-state index contributed by atoms with van der Waals surface area (Å²) in [7, 11) is 0. The summed E-state index contributed by atoms with van der Waals surface area (Å²) in [5.74, 6) is 0.106. The minimum absolute atomic E-state index is 0.184. The number of hydrogen-bond donors (Lipinski definition) is 3. The van der Waals surface area contributed by atoms with Crippen LogP contribution in [0.5, 0.6) is 5.75 Å². The SMILES string of the molecule is O=C(c1ccc(-c2ccccc2)cc1)c1ccccc1NC(Cc1ccc(OCCNCc2nc3ccccc3o2)cc1)C(=O)O. The number of fused-ring (bicyclic) bond motifs is 1. The van der Waals surface area contributed by atoms with Gasteiger partial charge in [0.25, 0.3) is 0 Å². The van der Waals surface area contributed by atoms with E-state index in [9.17, 15) is 14.7 Å².